The molecule has 1 N–H and O–H groups in total. The van der Waals surface area contributed by atoms with Gasteiger partial charge in [0.1, 0.15) is 0 Å². The summed E-state index contributed by atoms with van der Waals surface area (Å²) in [5.41, 5.74) is 2.95. The van der Waals surface area contributed by atoms with E-state index >= 15 is 0 Å². The summed E-state index contributed by atoms with van der Waals surface area (Å²) in [6.45, 7) is 4.87. The minimum Gasteiger partial charge on any atom is -0.311 e. The molecule has 0 amide bonds. The highest BCUT2D eigenvalue weighted by Gasteiger charge is 2.00. The Bertz CT molecular complexity index is 407. The predicted octanol–water partition coefficient (Wildman–Crippen LogP) is 1.89. The van der Waals surface area contributed by atoms with Crippen molar-refractivity contribution in [2.45, 2.75) is 26.4 Å². The lowest BCUT2D eigenvalue weighted by atomic mass is 10.4. The molecule has 0 bridgehead atoms. The van der Waals surface area contributed by atoms with E-state index in [1.54, 1.807) is 11.3 Å². The van der Waals surface area contributed by atoms with Crippen LogP contribution in [0, 0.1) is 0 Å². The summed E-state index contributed by atoms with van der Waals surface area (Å²) in [7, 11) is 0. The fraction of sp³-hybridized carbons (Fsp3) is 0.455. The van der Waals surface area contributed by atoms with Crippen LogP contribution in [0.4, 0.5) is 0 Å². The van der Waals surface area contributed by atoms with E-state index in [-0.39, 0.29) is 0 Å². The minimum atomic E-state index is 0.818. The van der Waals surface area contributed by atoms with Crippen molar-refractivity contribution < 1.29 is 0 Å². The molecule has 0 aromatic carbocycles. The van der Waals surface area contributed by atoms with E-state index in [0.717, 1.165) is 31.7 Å². The number of rotatable bonds is 6. The van der Waals surface area contributed by atoms with Crippen molar-refractivity contribution in [2.24, 2.45) is 0 Å². The van der Waals surface area contributed by atoms with Gasteiger partial charge in [0, 0.05) is 23.8 Å². The maximum atomic E-state index is 4.49. The lowest BCUT2D eigenvalue weighted by Crippen LogP contribution is -2.14. The first kappa shape index (κ1) is 11.3. The summed E-state index contributed by atoms with van der Waals surface area (Å²) in [6, 6.07) is 2.06. The van der Waals surface area contributed by atoms with Crippen LogP contribution in [0.3, 0.4) is 0 Å². The number of nitrogens with one attached hydrogen (secondary N) is 1. The zero-order chi connectivity index (χ0) is 11.2. The number of thiazole rings is 1. The lowest BCUT2D eigenvalue weighted by Gasteiger charge is -1.99. The van der Waals surface area contributed by atoms with Gasteiger partial charge in [-0.25, -0.2) is 0 Å². The van der Waals surface area contributed by atoms with Crippen LogP contribution in [0.5, 0.6) is 0 Å². The van der Waals surface area contributed by atoms with Gasteiger partial charge in [0.15, 0.2) is 0 Å². The molecule has 86 valence electrons. The third-order valence-corrected chi connectivity index (χ3v) is 2.99. The van der Waals surface area contributed by atoms with Crippen LogP contribution in [0.2, 0.25) is 0 Å². The van der Waals surface area contributed by atoms with Gasteiger partial charge in [-0.2, -0.15) is 5.10 Å². The van der Waals surface area contributed by atoms with E-state index in [1.807, 2.05) is 22.6 Å². The van der Waals surface area contributed by atoms with Crippen molar-refractivity contribution in [1.82, 2.24) is 20.1 Å². The van der Waals surface area contributed by atoms with Crippen molar-refractivity contribution in [2.75, 3.05) is 6.54 Å². The van der Waals surface area contributed by atoms with Gasteiger partial charge in [-0.05, 0) is 19.0 Å². The highest BCUT2D eigenvalue weighted by Crippen LogP contribution is 2.07. The summed E-state index contributed by atoms with van der Waals surface area (Å²) in [4.78, 5) is 5.28. The van der Waals surface area contributed by atoms with Gasteiger partial charge >= 0.3 is 0 Å². The first-order valence-electron chi connectivity index (χ1n) is 5.49. The number of aromatic nitrogens is 3. The summed E-state index contributed by atoms with van der Waals surface area (Å²) < 4.78 is 1.95. The first-order valence-corrected chi connectivity index (χ1v) is 6.37. The second-order valence-corrected chi connectivity index (χ2v) is 4.62. The first-order chi connectivity index (χ1) is 7.88. The molecule has 0 fully saturated rings. The fourth-order valence-corrected chi connectivity index (χ4v) is 2.04. The Balaban J connectivity index is 1.87. The second kappa shape index (κ2) is 5.77. The molecule has 0 aliphatic heterocycles. The van der Waals surface area contributed by atoms with Gasteiger partial charge in [-0.1, -0.05) is 6.92 Å². The van der Waals surface area contributed by atoms with Gasteiger partial charge in [0.25, 0.3) is 0 Å². The van der Waals surface area contributed by atoms with E-state index in [4.69, 9.17) is 0 Å². The summed E-state index contributed by atoms with van der Waals surface area (Å²) in [5.74, 6) is 0. The third-order valence-electron chi connectivity index (χ3n) is 2.23. The summed E-state index contributed by atoms with van der Waals surface area (Å²) >= 11 is 1.66. The number of nitrogens with zero attached hydrogens (tertiary/aromatic N) is 3. The lowest BCUT2D eigenvalue weighted by molar-refractivity contribution is 0.630. The highest BCUT2D eigenvalue weighted by molar-refractivity contribution is 7.09. The van der Waals surface area contributed by atoms with E-state index in [9.17, 15) is 0 Å². The molecule has 2 rings (SSSR count). The molecule has 2 aromatic heterocycles. The minimum absolute atomic E-state index is 0.818. The van der Waals surface area contributed by atoms with E-state index in [1.165, 1.54) is 4.88 Å². The third kappa shape index (κ3) is 3.15. The monoisotopic (exact) mass is 236 g/mol. The van der Waals surface area contributed by atoms with Crippen LogP contribution in [0.15, 0.2) is 24.0 Å². The van der Waals surface area contributed by atoms with Crippen LogP contribution in [-0.4, -0.2) is 21.3 Å². The summed E-state index contributed by atoms with van der Waals surface area (Å²) in [6.07, 6.45) is 5.06. The number of hydrogen-bond donors (Lipinski definition) is 1. The smallest absolute Gasteiger partial charge is 0.0794 e. The topological polar surface area (TPSA) is 42.7 Å². The molecule has 0 spiro atoms. The van der Waals surface area contributed by atoms with Crippen molar-refractivity contribution in [3.8, 4) is 0 Å². The van der Waals surface area contributed by atoms with Crippen LogP contribution in [0.1, 0.15) is 23.9 Å². The van der Waals surface area contributed by atoms with Crippen molar-refractivity contribution >= 4 is 11.3 Å². The van der Waals surface area contributed by atoms with E-state index < -0.39 is 0 Å². The molecule has 0 radical (unpaired) electrons. The summed E-state index contributed by atoms with van der Waals surface area (Å²) in [5, 5.41) is 7.83. The predicted molar refractivity (Wildman–Crippen MR) is 65.4 cm³/mol. The fourth-order valence-electron chi connectivity index (χ4n) is 1.46. The van der Waals surface area contributed by atoms with Gasteiger partial charge < -0.3 is 5.32 Å². The second-order valence-electron chi connectivity index (χ2n) is 3.65. The molecule has 0 unspecified atom stereocenters. The molecular weight excluding hydrogens is 220 g/mol. The highest BCUT2D eigenvalue weighted by atomic mass is 32.1. The van der Waals surface area contributed by atoms with Crippen molar-refractivity contribution in [3.05, 3.63) is 34.5 Å². The Labute approximate surface area is 99.3 Å². The molecule has 0 saturated carbocycles. The molecule has 5 heteroatoms. The van der Waals surface area contributed by atoms with Gasteiger partial charge in [-0.15, -0.1) is 11.3 Å². The van der Waals surface area contributed by atoms with E-state index in [0.29, 0.717) is 0 Å². The normalized spacial score (nSPS) is 10.8. The average molecular weight is 236 g/mol. The Morgan fingerprint density at radius 2 is 2.44 bits per heavy atom. The molecule has 2 heterocycles. The quantitative estimate of drug-likeness (QED) is 0.779. The molecule has 2 aromatic rings. The van der Waals surface area contributed by atoms with Gasteiger partial charge in [0.05, 0.1) is 17.7 Å². The Morgan fingerprint density at radius 3 is 3.19 bits per heavy atom. The van der Waals surface area contributed by atoms with Crippen molar-refractivity contribution in [1.29, 1.82) is 0 Å². The van der Waals surface area contributed by atoms with Crippen LogP contribution < -0.4 is 5.32 Å². The maximum Gasteiger partial charge on any atom is 0.0794 e. The molecule has 0 saturated heterocycles. The molecule has 4 nitrogen and oxygen atoms in total. The van der Waals surface area contributed by atoms with Crippen molar-refractivity contribution in [3.63, 3.8) is 0 Å². The van der Waals surface area contributed by atoms with Crippen LogP contribution in [0.25, 0.3) is 0 Å². The zero-order valence-electron chi connectivity index (χ0n) is 9.39. The van der Waals surface area contributed by atoms with Crippen LogP contribution >= 0.6 is 11.3 Å². The SMILES string of the molecule is CCCNCc1ccn(Cc2cncs2)n1. The number of hydrogen-bond acceptors (Lipinski definition) is 4. The van der Waals surface area contributed by atoms with Crippen LogP contribution in [-0.2, 0) is 13.1 Å². The molecule has 16 heavy (non-hydrogen) atoms. The largest absolute Gasteiger partial charge is 0.311 e. The Hall–Kier alpha value is -1.20. The molecule has 0 aliphatic rings. The Kier molecular flexibility index (Phi) is 4.07. The Morgan fingerprint density at radius 1 is 1.50 bits per heavy atom. The molecule has 0 atom stereocenters. The average Bonchev–Trinajstić information content (AvgIpc) is 2.91. The maximum absolute atomic E-state index is 4.49. The zero-order valence-corrected chi connectivity index (χ0v) is 10.2. The molecule has 0 aliphatic carbocycles. The van der Waals surface area contributed by atoms with E-state index in [2.05, 4.69) is 28.4 Å². The van der Waals surface area contributed by atoms with Gasteiger partial charge in [-0.3, -0.25) is 9.67 Å². The van der Waals surface area contributed by atoms with Gasteiger partial charge in [0.2, 0.25) is 0 Å². The molecular formula is C11H16N4S. The standard InChI is InChI=1S/C11H16N4S/c1-2-4-12-6-10-3-5-15(14-10)8-11-7-13-9-16-11/h3,5,7,9,12H,2,4,6,8H2,1H3.